The van der Waals surface area contributed by atoms with Gasteiger partial charge in [0, 0.05) is 19.0 Å². The number of nitrogens with zero attached hydrogens (tertiary/aromatic N) is 2. The smallest absolute Gasteiger partial charge is 0.266 e. The Morgan fingerprint density at radius 2 is 2.08 bits per heavy atom. The first kappa shape index (κ1) is 16.9. The van der Waals surface area contributed by atoms with E-state index in [9.17, 15) is 9.59 Å². The summed E-state index contributed by atoms with van der Waals surface area (Å²) in [4.78, 5) is 25.0. The van der Waals surface area contributed by atoms with Crippen LogP contribution in [0.2, 0.25) is 0 Å². The highest BCUT2D eigenvalue weighted by Crippen LogP contribution is 2.26. The normalized spacial score (nSPS) is 15.3. The molecule has 2 heterocycles. The van der Waals surface area contributed by atoms with Gasteiger partial charge in [-0.3, -0.25) is 9.59 Å². The van der Waals surface area contributed by atoms with Crippen molar-refractivity contribution in [1.29, 1.82) is 0 Å². The van der Waals surface area contributed by atoms with Crippen LogP contribution in [0.3, 0.4) is 0 Å². The molecule has 128 valence electrons. The van der Waals surface area contributed by atoms with Crippen LogP contribution in [0, 0.1) is 5.92 Å². The van der Waals surface area contributed by atoms with Crippen LogP contribution in [0.15, 0.2) is 34.4 Å². The summed E-state index contributed by atoms with van der Waals surface area (Å²) in [6.07, 6.45) is 6.72. The van der Waals surface area contributed by atoms with E-state index in [4.69, 9.17) is 0 Å². The number of hydrogen-bond acceptors (Lipinski definition) is 4. The lowest BCUT2D eigenvalue weighted by atomic mass is 9.87. The summed E-state index contributed by atoms with van der Waals surface area (Å²) in [5.41, 5.74) is 0.648. The minimum atomic E-state index is -0.142. The van der Waals surface area contributed by atoms with Crippen LogP contribution in [-0.2, 0) is 11.3 Å². The zero-order chi connectivity index (χ0) is 16.8. The summed E-state index contributed by atoms with van der Waals surface area (Å²) in [5.74, 6) is 0.617. The molecule has 6 heteroatoms. The monoisotopic (exact) mass is 345 g/mol. The van der Waals surface area contributed by atoms with Crippen LogP contribution >= 0.6 is 11.3 Å². The Hall–Kier alpha value is -1.95. The molecule has 1 fully saturated rings. The molecule has 5 nitrogen and oxygen atoms in total. The van der Waals surface area contributed by atoms with E-state index in [2.05, 4.69) is 10.4 Å². The van der Waals surface area contributed by atoms with E-state index >= 15 is 0 Å². The number of thiophene rings is 1. The van der Waals surface area contributed by atoms with Gasteiger partial charge in [-0.05, 0) is 36.3 Å². The number of carbonyl (C=O) groups is 1. The Morgan fingerprint density at radius 3 is 2.83 bits per heavy atom. The van der Waals surface area contributed by atoms with Gasteiger partial charge in [0.2, 0.25) is 5.91 Å². The Balaban J connectivity index is 1.51. The molecule has 0 aromatic carbocycles. The first-order valence-electron chi connectivity index (χ1n) is 8.61. The average Bonchev–Trinajstić information content (AvgIpc) is 3.12. The molecule has 2 aromatic heterocycles. The summed E-state index contributed by atoms with van der Waals surface area (Å²) in [7, 11) is 0. The summed E-state index contributed by atoms with van der Waals surface area (Å²) in [5, 5.41) is 9.30. The zero-order valence-corrected chi connectivity index (χ0v) is 14.6. The van der Waals surface area contributed by atoms with E-state index in [0.717, 1.165) is 23.4 Å². The molecule has 0 bridgehead atoms. The molecule has 1 N–H and O–H groups in total. The Kier molecular flexibility index (Phi) is 5.80. The summed E-state index contributed by atoms with van der Waals surface area (Å²) < 4.78 is 1.43. The fourth-order valence-electron chi connectivity index (χ4n) is 3.19. The molecule has 0 spiro atoms. The SMILES string of the molecule is O=C(CC1CCCCC1)NCCn1nc(-c2cccs2)ccc1=O. The van der Waals surface area contributed by atoms with E-state index in [0.29, 0.717) is 25.4 Å². The van der Waals surface area contributed by atoms with Crippen molar-refractivity contribution in [2.75, 3.05) is 6.54 Å². The molecule has 1 aliphatic carbocycles. The van der Waals surface area contributed by atoms with Crippen molar-refractivity contribution in [1.82, 2.24) is 15.1 Å². The standard InChI is InChI=1S/C18H23N3O2S/c22-17(13-14-5-2-1-3-6-14)19-10-11-21-18(23)9-8-15(20-21)16-7-4-12-24-16/h4,7-9,12,14H,1-3,5-6,10-11,13H2,(H,19,22). The highest BCUT2D eigenvalue weighted by Gasteiger charge is 2.16. The Morgan fingerprint density at radius 1 is 1.25 bits per heavy atom. The van der Waals surface area contributed by atoms with Gasteiger partial charge < -0.3 is 5.32 Å². The topological polar surface area (TPSA) is 64.0 Å². The van der Waals surface area contributed by atoms with Crippen molar-refractivity contribution < 1.29 is 4.79 Å². The molecule has 1 saturated carbocycles. The second-order valence-corrected chi connectivity index (χ2v) is 7.26. The molecule has 1 amide bonds. The van der Waals surface area contributed by atoms with Gasteiger partial charge in [-0.2, -0.15) is 5.10 Å². The van der Waals surface area contributed by atoms with Gasteiger partial charge in [-0.1, -0.05) is 25.3 Å². The molecule has 0 radical (unpaired) electrons. The fraction of sp³-hybridized carbons (Fsp3) is 0.500. The van der Waals surface area contributed by atoms with E-state index in [1.54, 1.807) is 17.4 Å². The molecular formula is C18H23N3O2S. The molecule has 1 aliphatic rings. The minimum Gasteiger partial charge on any atom is -0.354 e. The molecule has 3 rings (SSSR count). The number of aromatic nitrogens is 2. The largest absolute Gasteiger partial charge is 0.354 e. The van der Waals surface area contributed by atoms with Gasteiger partial charge in [-0.15, -0.1) is 11.3 Å². The summed E-state index contributed by atoms with van der Waals surface area (Å²) in [6, 6.07) is 7.22. The summed E-state index contributed by atoms with van der Waals surface area (Å²) >= 11 is 1.59. The number of carbonyl (C=O) groups excluding carboxylic acids is 1. The van der Waals surface area contributed by atoms with Crippen molar-refractivity contribution in [2.24, 2.45) is 5.92 Å². The summed E-state index contributed by atoms with van der Waals surface area (Å²) in [6.45, 7) is 0.834. The van der Waals surface area contributed by atoms with Crippen LogP contribution < -0.4 is 10.9 Å². The highest BCUT2D eigenvalue weighted by atomic mass is 32.1. The third-order valence-corrected chi connectivity index (χ3v) is 5.38. The second kappa shape index (κ2) is 8.24. The van der Waals surface area contributed by atoms with E-state index < -0.39 is 0 Å². The number of rotatable bonds is 6. The van der Waals surface area contributed by atoms with Crippen molar-refractivity contribution >= 4 is 17.2 Å². The predicted octanol–water partition coefficient (Wildman–Crippen LogP) is 3.06. The lowest BCUT2D eigenvalue weighted by Crippen LogP contribution is -2.32. The van der Waals surface area contributed by atoms with Crippen LogP contribution in [0.4, 0.5) is 0 Å². The maximum atomic E-state index is 12.0. The number of nitrogens with one attached hydrogen (secondary N) is 1. The van der Waals surface area contributed by atoms with Crippen LogP contribution in [0.25, 0.3) is 10.6 Å². The minimum absolute atomic E-state index is 0.0874. The van der Waals surface area contributed by atoms with Gasteiger partial charge in [-0.25, -0.2) is 4.68 Å². The Labute approximate surface area is 145 Å². The Bertz CT molecular complexity index is 718. The van der Waals surface area contributed by atoms with Crippen molar-refractivity contribution in [2.45, 2.75) is 45.1 Å². The lowest BCUT2D eigenvalue weighted by Gasteiger charge is -2.20. The quantitative estimate of drug-likeness (QED) is 0.875. The van der Waals surface area contributed by atoms with Gasteiger partial charge in [0.1, 0.15) is 5.69 Å². The molecule has 0 saturated heterocycles. The van der Waals surface area contributed by atoms with Crippen molar-refractivity contribution in [3.63, 3.8) is 0 Å². The van der Waals surface area contributed by atoms with Gasteiger partial charge >= 0.3 is 0 Å². The van der Waals surface area contributed by atoms with Crippen LogP contribution in [0.1, 0.15) is 38.5 Å². The average molecular weight is 345 g/mol. The van der Waals surface area contributed by atoms with Gasteiger partial charge in [0.25, 0.3) is 5.56 Å². The first-order chi connectivity index (χ1) is 11.7. The second-order valence-electron chi connectivity index (χ2n) is 6.32. The van der Waals surface area contributed by atoms with E-state index in [1.807, 2.05) is 17.5 Å². The zero-order valence-electron chi connectivity index (χ0n) is 13.7. The third kappa shape index (κ3) is 4.54. The highest BCUT2D eigenvalue weighted by molar-refractivity contribution is 7.13. The van der Waals surface area contributed by atoms with Crippen molar-refractivity contribution in [3.8, 4) is 10.6 Å². The van der Waals surface area contributed by atoms with Gasteiger partial charge in [0.05, 0.1) is 11.4 Å². The number of amides is 1. The molecule has 2 aromatic rings. The van der Waals surface area contributed by atoms with Crippen LogP contribution in [-0.4, -0.2) is 22.2 Å². The molecule has 0 aliphatic heterocycles. The molecule has 0 unspecified atom stereocenters. The first-order valence-corrected chi connectivity index (χ1v) is 9.49. The lowest BCUT2D eigenvalue weighted by molar-refractivity contribution is -0.122. The van der Waals surface area contributed by atoms with Gasteiger partial charge in [0.15, 0.2) is 0 Å². The maximum Gasteiger partial charge on any atom is 0.266 e. The molecular weight excluding hydrogens is 322 g/mol. The molecule has 24 heavy (non-hydrogen) atoms. The van der Waals surface area contributed by atoms with E-state index in [1.165, 1.54) is 30.0 Å². The molecule has 0 atom stereocenters. The predicted molar refractivity (Wildman–Crippen MR) is 96.0 cm³/mol. The third-order valence-electron chi connectivity index (χ3n) is 4.48. The van der Waals surface area contributed by atoms with Crippen LogP contribution in [0.5, 0.6) is 0 Å². The maximum absolute atomic E-state index is 12.0. The van der Waals surface area contributed by atoms with E-state index in [-0.39, 0.29) is 11.5 Å². The number of hydrogen-bond donors (Lipinski definition) is 1. The van der Waals surface area contributed by atoms with Crippen molar-refractivity contribution in [3.05, 3.63) is 40.0 Å². The fourth-order valence-corrected chi connectivity index (χ4v) is 3.88.